The number of nitrogens with zero attached hydrogens (tertiary/aromatic N) is 1. The van der Waals surface area contributed by atoms with Crippen LogP contribution in [0.25, 0.3) is 0 Å². The Bertz CT molecular complexity index is 385. The maximum atomic E-state index is 11.9. The standard InChI is InChI=1S/C14H22N2O2/c1-4-16(9-8-15)13(17)10-18-14-11(2)6-5-7-12(14)3/h5-7H,4,8-10,15H2,1-3H3. The molecule has 4 heteroatoms. The molecule has 0 atom stereocenters. The van der Waals surface area contributed by atoms with Crippen molar-refractivity contribution in [2.75, 3.05) is 26.2 Å². The van der Waals surface area contributed by atoms with E-state index in [2.05, 4.69) is 0 Å². The van der Waals surface area contributed by atoms with E-state index in [-0.39, 0.29) is 12.5 Å². The molecule has 0 bridgehead atoms. The van der Waals surface area contributed by atoms with E-state index in [4.69, 9.17) is 10.5 Å². The minimum Gasteiger partial charge on any atom is -0.483 e. The summed E-state index contributed by atoms with van der Waals surface area (Å²) >= 11 is 0. The van der Waals surface area contributed by atoms with Gasteiger partial charge in [-0.3, -0.25) is 4.79 Å². The van der Waals surface area contributed by atoms with Crippen molar-refractivity contribution < 1.29 is 9.53 Å². The number of ether oxygens (including phenoxy) is 1. The summed E-state index contributed by atoms with van der Waals surface area (Å²) < 4.78 is 5.63. The average Bonchev–Trinajstić information content (AvgIpc) is 2.35. The molecule has 0 radical (unpaired) electrons. The number of hydrogen-bond donors (Lipinski definition) is 1. The van der Waals surface area contributed by atoms with Crippen LogP contribution in [-0.4, -0.2) is 37.0 Å². The van der Waals surface area contributed by atoms with Gasteiger partial charge in [0.05, 0.1) is 0 Å². The van der Waals surface area contributed by atoms with Crippen molar-refractivity contribution in [3.63, 3.8) is 0 Å². The summed E-state index contributed by atoms with van der Waals surface area (Å²) in [5.74, 6) is 0.778. The fraction of sp³-hybridized carbons (Fsp3) is 0.500. The van der Waals surface area contributed by atoms with Gasteiger partial charge < -0.3 is 15.4 Å². The quantitative estimate of drug-likeness (QED) is 0.832. The molecule has 1 rings (SSSR count). The van der Waals surface area contributed by atoms with Crippen molar-refractivity contribution >= 4 is 5.91 Å². The summed E-state index contributed by atoms with van der Waals surface area (Å²) in [5, 5.41) is 0. The highest BCUT2D eigenvalue weighted by Crippen LogP contribution is 2.22. The highest BCUT2D eigenvalue weighted by molar-refractivity contribution is 5.77. The molecule has 0 fully saturated rings. The molecule has 1 aromatic rings. The van der Waals surface area contributed by atoms with Crippen LogP contribution in [-0.2, 0) is 4.79 Å². The second-order valence-electron chi connectivity index (χ2n) is 4.27. The van der Waals surface area contributed by atoms with Crippen LogP contribution in [0, 0.1) is 13.8 Å². The maximum absolute atomic E-state index is 11.9. The van der Waals surface area contributed by atoms with E-state index in [1.165, 1.54) is 0 Å². The summed E-state index contributed by atoms with van der Waals surface area (Å²) in [7, 11) is 0. The first-order valence-electron chi connectivity index (χ1n) is 6.27. The molecule has 0 spiro atoms. The van der Waals surface area contributed by atoms with Gasteiger partial charge in [-0.1, -0.05) is 18.2 Å². The zero-order valence-corrected chi connectivity index (χ0v) is 11.4. The van der Waals surface area contributed by atoms with Gasteiger partial charge in [0.25, 0.3) is 5.91 Å². The minimum absolute atomic E-state index is 0.0226. The molecule has 0 heterocycles. The summed E-state index contributed by atoms with van der Waals surface area (Å²) in [5.41, 5.74) is 7.56. The van der Waals surface area contributed by atoms with E-state index < -0.39 is 0 Å². The van der Waals surface area contributed by atoms with Gasteiger partial charge in [-0.15, -0.1) is 0 Å². The van der Waals surface area contributed by atoms with Crippen molar-refractivity contribution in [3.8, 4) is 5.75 Å². The van der Waals surface area contributed by atoms with E-state index in [9.17, 15) is 4.79 Å². The number of aryl methyl sites for hydroxylation is 2. The first kappa shape index (κ1) is 14.5. The van der Waals surface area contributed by atoms with Gasteiger partial charge in [0.1, 0.15) is 5.75 Å². The molecule has 0 aromatic heterocycles. The molecule has 0 aliphatic heterocycles. The lowest BCUT2D eigenvalue weighted by atomic mass is 10.1. The molecule has 0 aliphatic rings. The van der Waals surface area contributed by atoms with Crippen LogP contribution in [0.3, 0.4) is 0 Å². The van der Waals surface area contributed by atoms with Crippen LogP contribution in [0.5, 0.6) is 5.75 Å². The van der Waals surface area contributed by atoms with Crippen LogP contribution in [0.2, 0.25) is 0 Å². The molecular weight excluding hydrogens is 228 g/mol. The van der Waals surface area contributed by atoms with Crippen LogP contribution in [0.15, 0.2) is 18.2 Å². The fourth-order valence-electron chi connectivity index (χ4n) is 1.87. The van der Waals surface area contributed by atoms with Crippen LogP contribution >= 0.6 is 0 Å². The predicted molar refractivity (Wildman–Crippen MR) is 72.7 cm³/mol. The van der Waals surface area contributed by atoms with Crippen LogP contribution < -0.4 is 10.5 Å². The van der Waals surface area contributed by atoms with Crippen molar-refractivity contribution in [1.29, 1.82) is 0 Å². The highest BCUT2D eigenvalue weighted by atomic mass is 16.5. The second-order valence-corrected chi connectivity index (χ2v) is 4.27. The molecule has 18 heavy (non-hydrogen) atoms. The zero-order valence-electron chi connectivity index (χ0n) is 11.4. The first-order chi connectivity index (χ1) is 8.60. The smallest absolute Gasteiger partial charge is 0.260 e. The lowest BCUT2D eigenvalue weighted by Gasteiger charge is -2.20. The van der Waals surface area contributed by atoms with Crippen molar-refractivity contribution in [3.05, 3.63) is 29.3 Å². The monoisotopic (exact) mass is 250 g/mol. The van der Waals surface area contributed by atoms with Crippen molar-refractivity contribution in [1.82, 2.24) is 4.90 Å². The Morgan fingerprint density at radius 1 is 1.33 bits per heavy atom. The van der Waals surface area contributed by atoms with Gasteiger partial charge >= 0.3 is 0 Å². The Labute approximate surface area is 109 Å². The van der Waals surface area contributed by atoms with E-state index >= 15 is 0 Å². The Hall–Kier alpha value is -1.55. The molecule has 0 aliphatic carbocycles. The molecule has 0 saturated carbocycles. The largest absolute Gasteiger partial charge is 0.483 e. The maximum Gasteiger partial charge on any atom is 0.260 e. The van der Waals surface area contributed by atoms with Gasteiger partial charge in [-0.25, -0.2) is 0 Å². The minimum atomic E-state index is -0.0226. The van der Waals surface area contributed by atoms with Gasteiger partial charge in [-0.2, -0.15) is 0 Å². The fourth-order valence-corrected chi connectivity index (χ4v) is 1.87. The third-order valence-corrected chi connectivity index (χ3v) is 2.88. The number of benzene rings is 1. The third-order valence-electron chi connectivity index (χ3n) is 2.88. The summed E-state index contributed by atoms with van der Waals surface area (Å²) in [4.78, 5) is 13.6. The Kier molecular flexibility index (Phi) is 5.65. The first-order valence-corrected chi connectivity index (χ1v) is 6.27. The summed E-state index contributed by atoms with van der Waals surface area (Å²) in [6, 6.07) is 5.93. The predicted octanol–water partition coefficient (Wildman–Crippen LogP) is 1.49. The molecule has 2 N–H and O–H groups in total. The second kappa shape index (κ2) is 7.01. The molecule has 0 unspecified atom stereocenters. The number of likely N-dealkylation sites (N-methyl/N-ethyl adjacent to an activating group) is 1. The highest BCUT2D eigenvalue weighted by Gasteiger charge is 2.12. The van der Waals surface area contributed by atoms with E-state index in [0.717, 1.165) is 16.9 Å². The number of carbonyl (C=O) groups is 1. The van der Waals surface area contributed by atoms with Gasteiger partial charge in [0.15, 0.2) is 6.61 Å². The number of para-hydroxylation sites is 1. The van der Waals surface area contributed by atoms with Crippen LogP contribution in [0.1, 0.15) is 18.1 Å². The summed E-state index contributed by atoms with van der Waals surface area (Å²) in [6.45, 7) is 7.67. The molecule has 4 nitrogen and oxygen atoms in total. The normalized spacial score (nSPS) is 10.2. The number of hydrogen-bond acceptors (Lipinski definition) is 3. The lowest BCUT2D eigenvalue weighted by molar-refractivity contribution is -0.133. The SMILES string of the molecule is CCN(CCN)C(=O)COc1c(C)cccc1C. The van der Waals surface area contributed by atoms with E-state index in [0.29, 0.717) is 19.6 Å². The molecule has 1 amide bonds. The van der Waals surface area contributed by atoms with Gasteiger partial charge in [-0.05, 0) is 31.9 Å². The van der Waals surface area contributed by atoms with Crippen LogP contribution in [0.4, 0.5) is 0 Å². The molecular formula is C14H22N2O2. The Balaban J connectivity index is 2.62. The van der Waals surface area contributed by atoms with E-state index in [1.54, 1.807) is 4.90 Å². The average molecular weight is 250 g/mol. The van der Waals surface area contributed by atoms with E-state index in [1.807, 2.05) is 39.0 Å². The van der Waals surface area contributed by atoms with Gasteiger partial charge in [0.2, 0.25) is 0 Å². The number of amides is 1. The molecule has 1 aromatic carbocycles. The summed E-state index contributed by atoms with van der Waals surface area (Å²) in [6.07, 6.45) is 0. The number of carbonyl (C=O) groups excluding carboxylic acids is 1. The molecule has 100 valence electrons. The Morgan fingerprint density at radius 2 is 1.94 bits per heavy atom. The van der Waals surface area contributed by atoms with Crippen molar-refractivity contribution in [2.24, 2.45) is 5.73 Å². The van der Waals surface area contributed by atoms with Gasteiger partial charge in [0, 0.05) is 19.6 Å². The lowest BCUT2D eigenvalue weighted by Crippen LogP contribution is -2.38. The third kappa shape index (κ3) is 3.74. The number of rotatable bonds is 6. The number of nitrogens with two attached hydrogens (primary N) is 1. The zero-order chi connectivity index (χ0) is 13.5. The Morgan fingerprint density at radius 3 is 2.44 bits per heavy atom. The van der Waals surface area contributed by atoms with Crippen molar-refractivity contribution in [2.45, 2.75) is 20.8 Å². The molecule has 0 saturated heterocycles. The topological polar surface area (TPSA) is 55.6 Å².